The molecular weight excluding hydrogens is 322 g/mol. The van der Waals surface area contributed by atoms with Gasteiger partial charge in [0.25, 0.3) is 0 Å². The van der Waals surface area contributed by atoms with Gasteiger partial charge in [-0.25, -0.2) is 4.79 Å². The zero-order valence-corrected chi connectivity index (χ0v) is 13.9. The molecule has 0 radical (unpaired) electrons. The molecule has 0 saturated carbocycles. The Morgan fingerprint density at radius 2 is 1.84 bits per heavy atom. The van der Waals surface area contributed by atoms with E-state index in [4.69, 9.17) is 4.42 Å². The molecule has 6 nitrogen and oxygen atoms in total. The van der Waals surface area contributed by atoms with Crippen LogP contribution in [0.5, 0.6) is 5.75 Å². The van der Waals surface area contributed by atoms with Gasteiger partial charge < -0.3 is 9.52 Å². The topological polar surface area (TPSA) is 93.6 Å². The first kappa shape index (κ1) is 17.0. The summed E-state index contributed by atoms with van der Waals surface area (Å²) in [6, 6.07) is 8.54. The third-order valence-corrected chi connectivity index (χ3v) is 4.42. The van der Waals surface area contributed by atoms with Crippen LogP contribution in [0.25, 0.3) is 21.7 Å². The number of fused-ring (bicyclic) bond motifs is 3. The number of nitro groups is 1. The van der Waals surface area contributed by atoms with E-state index in [0.717, 1.165) is 25.7 Å². The minimum absolute atomic E-state index is 0.177. The number of aromatic hydroxyl groups is 1. The highest BCUT2D eigenvalue weighted by Gasteiger charge is 2.26. The summed E-state index contributed by atoms with van der Waals surface area (Å²) in [7, 11) is 0. The number of phenolic OH excluding ortho intramolecular Hbond substituents is 1. The Morgan fingerprint density at radius 3 is 2.52 bits per heavy atom. The van der Waals surface area contributed by atoms with E-state index in [1.54, 1.807) is 30.3 Å². The van der Waals surface area contributed by atoms with Gasteiger partial charge in [0, 0.05) is 16.3 Å². The number of nitro benzene ring substituents is 1. The molecule has 3 rings (SSSR count). The summed E-state index contributed by atoms with van der Waals surface area (Å²) in [6.45, 7) is 2.10. The van der Waals surface area contributed by atoms with Crippen molar-refractivity contribution >= 4 is 27.4 Å². The van der Waals surface area contributed by atoms with Crippen molar-refractivity contribution in [3.63, 3.8) is 0 Å². The fourth-order valence-electron chi connectivity index (χ4n) is 3.14. The monoisotopic (exact) mass is 341 g/mol. The van der Waals surface area contributed by atoms with Crippen LogP contribution in [0.4, 0.5) is 5.69 Å². The zero-order valence-electron chi connectivity index (χ0n) is 13.9. The van der Waals surface area contributed by atoms with Crippen LogP contribution in [0.1, 0.15) is 38.2 Å². The average Bonchev–Trinajstić information content (AvgIpc) is 2.59. The molecule has 25 heavy (non-hydrogen) atoms. The number of hydrogen-bond acceptors (Lipinski definition) is 5. The van der Waals surface area contributed by atoms with Crippen molar-refractivity contribution in [1.82, 2.24) is 0 Å². The molecule has 0 fully saturated rings. The molecule has 0 aliphatic rings. The second-order valence-electron chi connectivity index (χ2n) is 6.11. The number of phenols is 1. The van der Waals surface area contributed by atoms with Crippen LogP contribution in [0, 0.1) is 10.1 Å². The summed E-state index contributed by atoms with van der Waals surface area (Å²) in [5, 5.41) is 23.3. The van der Waals surface area contributed by atoms with Gasteiger partial charge in [0.1, 0.15) is 0 Å². The van der Waals surface area contributed by atoms with E-state index in [2.05, 4.69) is 6.92 Å². The highest BCUT2D eigenvalue weighted by atomic mass is 16.6. The second-order valence-corrected chi connectivity index (χ2v) is 6.11. The third kappa shape index (κ3) is 3.07. The lowest BCUT2D eigenvalue weighted by Gasteiger charge is -2.09. The Hall–Kier alpha value is -2.89. The molecular formula is C19H19NO5. The van der Waals surface area contributed by atoms with Gasteiger partial charge in [-0.1, -0.05) is 44.4 Å². The Morgan fingerprint density at radius 1 is 1.12 bits per heavy atom. The zero-order chi connectivity index (χ0) is 18.0. The fraction of sp³-hybridized carbons (Fsp3) is 0.316. The van der Waals surface area contributed by atoms with E-state index in [0.29, 0.717) is 28.1 Å². The van der Waals surface area contributed by atoms with Crippen LogP contribution < -0.4 is 5.63 Å². The van der Waals surface area contributed by atoms with Crippen molar-refractivity contribution < 1.29 is 14.4 Å². The molecule has 3 aromatic rings. The van der Waals surface area contributed by atoms with Crippen molar-refractivity contribution in [2.45, 2.75) is 39.0 Å². The maximum atomic E-state index is 12.1. The van der Waals surface area contributed by atoms with Crippen LogP contribution in [0.3, 0.4) is 0 Å². The van der Waals surface area contributed by atoms with Crippen molar-refractivity contribution in [1.29, 1.82) is 0 Å². The normalized spacial score (nSPS) is 11.2. The molecule has 130 valence electrons. The number of rotatable bonds is 6. The van der Waals surface area contributed by atoms with Gasteiger partial charge in [0.2, 0.25) is 11.3 Å². The molecule has 0 spiro atoms. The van der Waals surface area contributed by atoms with Crippen molar-refractivity contribution in [3.05, 3.63) is 56.4 Å². The van der Waals surface area contributed by atoms with Crippen molar-refractivity contribution in [2.24, 2.45) is 0 Å². The summed E-state index contributed by atoms with van der Waals surface area (Å²) in [5.74, 6) is -0.410. The predicted octanol–water partition coefficient (Wildman–Crippen LogP) is 4.68. The molecule has 0 amide bonds. The maximum Gasteiger partial charge on any atom is 0.353 e. The number of hydrogen-bond donors (Lipinski definition) is 1. The summed E-state index contributed by atoms with van der Waals surface area (Å²) in [5.41, 5.74) is -0.857. The number of nitrogens with zero attached hydrogens (tertiary/aromatic N) is 1. The molecule has 1 heterocycles. The molecule has 2 aromatic carbocycles. The largest absolute Gasteiger partial charge is 0.502 e. The quantitative estimate of drug-likeness (QED) is 0.231. The van der Waals surface area contributed by atoms with Gasteiger partial charge in [-0.3, -0.25) is 10.1 Å². The first-order valence-electron chi connectivity index (χ1n) is 8.39. The lowest BCUT2D eigenvalue weighted by Crippen LogP contribution is -2.03. The summed E-state index contributed by atoms with van der Waals surface area (Å²) in [6.07, 6.45) is 4.52. The van der Waals surface area contributed by atoms with E-state index >= 15 is 0 Å². The summed E-state index contributed by atoms with van der Waals surface area (Å²) >= 11 is 0. The average molecular weight is 341 g/mol. The molecule has 0 unspecified atom stereocenters. The van der Waals surface area contributed by atoms with Gasteiger partial charge >= 0.3 is 11.3 Å². The lowest BCUT2D eigenvalue weighted by atomic mass is 9.99. The molecule has 0 atom stereocenters. The van der Waals surface area contributed by atoms with E-state index in [9.17, 15) is 20.0 Å². The Balaban J connectivity index is 2.27. The minimum atomic E-state index is -0.690. The van der Waals surface area contributed by atoms with E-state index in [1.807, 2.05) is 0 Å². The SMILES string of the molecule is CCCCCCc1cc2c(oc(=O)c3ccccc32)c([N+](=O)[O-])c1O. The number of unbranched alkanes of at least 4 members (excludes halogenated alkanes) is 3. The molecule has 1 N–H and O–H groups in total. The Labute approximate surface area is 143 Å². The van der Waals surface area contributed by atoms with Crippen molar-refractivity contribution in [2.75, 3.05) is 0 Å². The summed E-state index contributed by atoms with van der Waals surface area (Å²) < 4.78 is 5.19. The van der Waals surface area contributed by atoms with Gasteiger partial charge in [-0.05, 0) is 25.0 Å². The van der Waals surface area contributed by atoms with Crippen LogP contribution in [-0.2, 0) is 6.42 Å². The number of aryl methyl sites for hydroxylation is 1. The fourth-order valence-corrected chi connectivity index (χ4v) is 3.14. The maximum absolute atomic E-state index is 12.1. The van der Waals surface area contributed by atoms with E-state index in [1.165, 1.54) is 0 Å². The Bertz CT molecular complexity index is 1010. The smallest absolute Gasteiger partial charge is 0.353 e. The van der Waals surface area contributed by atoms with Crippen molar-refractivity contribution in [3.8, 4) is 5.75 Å². The molecule has 0 aliphatic carbocycles. The predicted molar refractivity (Wildman–Crippen MR) is 96.2 cm³/mol. The van der Waals surface area contributed by atoms with E-state index < -0.39 is 22.0 Å². The molecule has 0 aliphatic heterocycles. The molecule has 1 aromatic heterocycles. The molecule has 6 heteroatoms. The van der Waals surface area contributed by atoms with Crippen LogP contribution in [-0.4, -0.2) is 10.0 Å². The first-order chi connectivity index (χ1) is 12.0. The van der Waals surface area contributed by atoms with Gasteiger partial charge in [-0.2, -0.15) is 0 Å². The highest BCUT2D eigenvalue weighted by molar-refractivity contribution is 6.08. The molecule has 0 bridgehead atoms. The highest BCUT2D eigenvalue weighted by Crippen LogP contribution is 2.40. The van der Waals surface area contributed by atoms with Gasteiger partial charge in [0.15, 0.2) is 0 Å². The van der Waals surface area contributed by atoms with Gasteiger partial charge in [0.05, 0.1) is 10.3 Å². The Kier molecular flexibility index (Phi) is 4.70. The lowest BCUT2D eigenvalue weighted by molar-refractivity contribution is -0.384. The third-order valence-electron chi connectivity index (χ3n) is 4.42. The van der Waals surface area contributed by atoms with Crippen LogP contribution in [0.15, 0.2) is 39.5 Å². The van der Waals surface area contributed by atoms with Crippen LogP contribution in [0.2, 0.25) is 0 Å². The standard InChI is InChI=1S/C19H19NO5/c1-2-3-4-5-8-12-11-15-13-9-6-7-10-14(13)19(22)25-18(15)16(17(12)21)20(23)24/h6-7,9-11,21H,2-5,8H2,1H3. The van der Waals surface area contributed by atoms with Crippen LogP contribution >= 0.6 is 0 Å². The van der Waals surface area contributed by atoms with Gasteiger partial charge in [-0.15, -0.1) is 0 Å². The number of benzene rings is 2. The molecule has 0 saturated heterocycles. The minimum Gasteiger partial charge on any atom is -0.502 e. The van der Waals surface area contributed by atoms with E-state index in [-0.39, 0.29) is 5.58 Å². The summed E-state index contributed by atoms with van der Waals surface area (Å²) in [4.78, 5) is 22.9. The second kappa shape index (κ2) is 6.93. The first-order valence-corrected chi connectivity index (χ1v) is 8.39.